The van der Waals surface area contributed by atoms with E-state index in [4.69, 9.17) is 4.74 Å². The Bertz CT molecular complexity index is 678. The van der Waals surface area contributed by atoms with Gasteiger partial charge in [-0.3, -0.25) is 4.79 Å². The highest BCUT2D eigenvalue weighted by molar-refractivity contribution is 5.80. The normalized spacial score (nSPS) is 22.2. The summed E-state index contributed by atoms with van der Waals surface area (Å²) in [4.78, 5) is 31.7. The number of piperazine rings is 1. The first kappa shape index (κ1) is 20.6. The van der Waals surface area contributed by atoms with E-state index in [0.29, 0.717) is 25.9 Å². The molecule has 2 saturated heterocycles. The second-order valence-electron chi connectivity index (χ2n) is 8.96. The second-order valence-corrected chi connectivity index (χ2v) is 8.96. The van der Waals surface area contributed by atoms with Gasteiger partial charge in [-0.25, -0.2) is 4.79 Å². The molecule has 2 amide bonds. The van der Waals surface area contributed by atoms with Crippen molar-refractivity contribution in [2.24, 2.45) is 5.92 Å². The fourth-order valence-corrected chi connectivity index (χ4v) is 4.01. The predicted octanol–water partition coefficient (Wildman–Crippen LogP) is 3.15. The van der Waals surface area contributed by atoms with E-state index in [1.165, 1.54) is 5.56 Å². The van der Waals surface area contributed by atoms with Crippen LogP contribution in [0.2, 0.25) is 0 Å². The molecule has 1 aromatic rings. The molecule has 0 radical (unpaired) electrons. The maximum absolute atomic E-state index is 13.3. The fraction of sp³-hybridized carbons (Fsp3) is 0.636. The van der Waals surface area contributed by atoms with E-state index in [1.54, 1.807) is 4.90 Å². The predicted molar refractivity (Wildman–Crippen MR) is 109 cm³/mol. The molecule has 0 bridgehead atoms. The molecule has 2 heterocycles. The molecule has 0 N–H and O–H groups in total. The molecule has 0 spiro atoms. The van der Waals surface area contributed by atoms with Crippen molar-refractivity contribution in [3.63, 3.8) is 0 Å². The number of carbonyl (C=O) groups is 2. The summed E-state index contributed by atoms with van der Waals surface area (Å²) in [5, 5.41) is 0. The van der Waals surface area contributed by atoms with Gasteiger partial charge in [-0.15, -0.1) is 0 Å². The van der Waals surface area contributed by atoms with Crippen molar-refractivity contribution in [1.82, 2.24) is 14.7 Å². The zero-order chi connectivity index (χ0) is 20.3. The maximum atomic E-state index is 13.3. The van der Waals surface area contributed by atoms with Gasteiger partial charge in [-0.2, -0.15) is 0 Å². The van der Waals surface area contributed by atoms with Crippen molar-refractivity contribution in [1.29, 1.82) is 0 Å². The minimum atomic E-state index is -0.494. The average molecular weight is 388 g/mol. The zero-order valence-electron chi connectivity index (χ0n) is 17.6. The van der Waals surface area contributed by atoms with Crippen LogP contribution in [0.4, 0.5) is 4.79 Å². The topological polar surface area (TPSA) is 53.1 Å². The molecule has 28 heavy (non-hydrogen) atoms. The van der Waals surface area contributed by atoms with E-state index in [-0.39, 0.29) is 24.0 Å². The lowest BCUT2D eigenvalue weighted by molar-refractivity contribution is -0.142. The Kier molecular flexibility index (Phi) is 6.28. The lowest BCUT2D eigenvalue weighted by atomic mass is 9.93. The lowest BCUT2D eigenvalue weighted by Crippen LogP contribution is -2.52. The van der Waals surface area contributed by atoms with Gasteiger partial charge in [0.05, 0.1) is 6.04 Å². The van der Waals surface area contributed by atoms with Crippen molar-refractivity contribution < 1.29 is 14.3 Å². The summed E-state index contributed by atoms with van der Waals surface area (Å²) in [6.45, 7) is 9.28. The Balaban J connectivity index is 1.63. The third-order valence-corrected chi connectivity index (χ3v) is 5.55. The minimum Gasteiger partial charge on any atom is -0.444 e. The molecule has 154 valence electrons. The first-order valence-corrected chi connectivity index (χ1v) is 10.3. The highest BCUT2D eigenvalue weighted by Gasteiger charge is 2.36. The molecule has 1 atom stereocenters. The van der Waals surface area contributed by atoms with Gasteiger partial charge in [0.1, 0.15) is 5.60 Å². The number of nitrogens with zero attached hydrogens (tertiary/aromatic N) is 3. The number of amides is 2. The van der Waals surface area contributed by atoms with Gasteiger partial charge in [0, 0.05) is 38.6 Å². The monoisotopic (exact) mass is 387 g/mol. The van der Waals surface area contributed by atoms with Gasteiger partial charge in [0.15, 0.2) is 0 Å². The molecule has 2 aliphatic rings. The third-order valence-electron chi connectivity index (χ3n) is 5.55. The van der Waals surface area contributed by atoms with Gasteiger partial charge in [0.2, 0.25) is 5.91 Å². The third kappa shape index (κ3) is 5.04. The Morgan fingerprint density at radius 2 is 1.64 bits per heavy atom. The van der Waals surface area contributed by atoms with E-state index in [9.17, 15) is 9.59 Å². The Hall–Kier alpha value is -2.08. The van der Waals surface area contributed by atoms with Crippen LogP contribution in [-0.2, 0) is 9.53 Å². The van der Waals surface area contributed by atoms with Crippen LogP contribution in [0.1, 0.15) is 45.2 Å². The number of hydrogen-bond donors (Lipinski definition) is 0. The van der Waals surface area contributed by atoms with Crippen LogP contribution < -0.4 is 0 Å². The molecule has 1 aromatic carbocycles. The quantitative estimate of drug-likeness (QED) is 0.782. The van der Waals surface area contributed by atoms with Crippen LogP contribution >= 0.6 is 0 Å². The SMILES string of the molecule is CN1CCN(C(=O)C2CCN(C(=O)OC(C)(C)C)CC2)C(c2ccccc2)C1. The van der Waals surface area contributed by atoms with Crippen molar-refractivity contribution in [2.75, 3.05) is 39.8 Å². The molecular formula is C22H33N3O3. The van der Waals surface area contributed by atoms with Gasteiger partial charge in [-0.1, -0.05) is 30.3 Å². The Morgan fingerprint density at radius 3 is 2.25 bits per heavy atom. The average Bonchev–Trinajstić information content (AvgIpc) is 2.67. The molecule has 0 saturated carbocycles. The molecule has 2 aliphatic heterocycles. The first-order valence-electron chi connectivity index (χ1n) is 10.3. The highest BCUT2D eigenvalue weighted by atomic mass is 16.6. The van der Waals surface area contributed by atoms with Crippen LogP contribution in [0.5, 0.6) is 0 Å². The number of rotatable bonds is 2. The maximum Gasteiger partial charge on any atom is 0.410 e. The number of hydrogen-bond acceptors (Lipinski definition) is 4. The van der Waals surface area contributed by atoms with Gasteiger partial charge < -0.3 is 19.4 Å². The second kappa shape index (κ2) is 8.52. The number of carbonyl (C=O) groups excluding carboxylic acids is 2. The van der Waals surface area contributed by atoms with Crippen molar-refractivity contribution in [3.8, 4) is 0 Å². The standard InChI is InChI=1S/C22H33N3O3/c1-22(2,3)28-21(27)24-12-10-18(11-13-24)20(26)25-15-14-23(4)16-19(25)17-8-6-5-7-9-17/h5-9,18-19H,10-16H2,1-4H3. The number of piperidine rings is 1. The minimum absolute atomic E-state index is 0.0201. The summed E-state index contributed by atoms with van der Waals surface area (Å²) in [6, 6.07) is 10.4. The molecule has 3 rings (SSSR count). The summed E-state index contributed by atoms with van der Waals surface area (Å²) < 4.78 is 5.46. The lowest BCUT2D eigenvalue weighted by Gasteiger charge is -2.43. The summed E-state index contributed by atoms with van der Waals surface area (Å²) in [7, 11) is 2.11. The van der Waals surface area contributed by atoms with E-state index >= 15 is 0 Å². The van der Waals surface area contributed by atoms with Crippen LogP contribution in [-0.4, -0.2) is 72.1 Å². The van der Waals surface area contributed by atoms with Crippen LogP contribution in [0.15, 0.2) is 30.3 Å². The van der Waals surface area contributed by atoms with Crippen LogP contribution in [0, 0.1) is 5.92 Å². The number of ether oxygens (including phenoxy) is 1. The molecule has 6 nitrogen and oxygen atoms in total. The molecule has 0 aliphatic carbocycles. The van der Waals surface area contributed by atoms with Gasteiger partial charge in [0.25, 0.3) is 0 Å². The Morgan fingerprint density at radius 1 is 1.00 bits per heavy atom. The summed E-state index contributed by atoms with van der Waals surface area (Å²) in [5.41, 5.74) is 0.695. The van der Waals surface area contributed by atoms with Crippen molar-refractivity contribution in [2.45, 2.75) is 45.3 Å². The first-order chi connectivity index (χ1) is 13.2. The zero-order valence-corrected chi connectivity index (χ0v) is 17.6. The Labute approximate surface area is 168 Å². The van der Waals surface area contributed by atoms with Gasteiger partial charge >= 0.3 is 6.09 Å². The largest absolute Gasteiger partial charge is 0.444 e. The summed E-state index contributed by atoms with van der Waals surface area (Å²) in [6.07, 6.45) is 1.12. The molecule has 2 fully saturated rings. The van der Waals surface area contributed by atoms with Crippen molar-refractivity contribution in [3.05, 3.63) is 35.9 Å². The molecule has 0 aromatic heterocycles. The van der Waals surface area contributed by atoms with E-state index in [2.05, 4.69) is 29.0 Å². The van der Waals surface area contributed by atoms with E-state index < -0.39 is 5.60 Å². The number of benzene rings is 1. The van der Waals surface area contributed by atoms with Crippen LogP contribution in [0.3, 0.4) is 0 Å². The number of likely N-dealkylation sites (N-methyl/N-ethyl adjacent to an activating group) is 1. The van der Waals surface area contributed by atoms with Crippen molar-refractivity contribution >= 4 is 12.0 Å². The smallest absolute Gasteiger partial charge is 0.410 e. The molecular weight excluding hydrogens is 354 g/mol. The van der Waals surface area contributed by atoms with E-state index in [0.717, 1.165) is 19.6 Å². The summed E-state index contributed by atoms with van der Waals surface area (Å²) >= 11 is 0. The van der Waals surface area contributed by atoms with E-state index in [1.807, 2.05) is 39.0 Å². The molecule has 1 unspecified atom stereocenters. The fourth-order valence-electron chi connectivity index (χ4n) is 4.01. The highest BCUT2D eigenvalue weighted by Crippen LogP contribution is 2.29. The molecule has 6 heteroatoms. The van der Waals surface area contributed by atoms with Crippen LogP contribution in [0.25, 0.3) is 0 Å². The number of likely N-dealkylation sites (tertiary alicyclic amines) is 1. The summed E-state index contributed by atoms with van der Waals surface area (Å²) in [5.74, 6) is 0.207. The van der Waals surface area contributed by atoms with Gasteiger partial charge in [-0.05, 0) is 46.2 Å².